The first-order valence-corrected chi connectivity index (χ1v) is 13.4. The Morgan fingerprint density at radius 2 is 1.13 bits per heavy atom. The van der Waals surface area contributed by atoms with Gasteiger partial charge >= 0.3 is 0 Å². The summed E-state index contributed by atoms with van der Waals surface area (Å²) in [6.45, 7) is 4.55. The van der Waals surface area contributed by atoms with Crippen LogP contribution in [0.25, 0.3) is 0 Å². The third kappa shape index (κ3) is 11.4. The summed E-state index contributed by atoms with van der Waals surface area (Å²) in [5.41, 5.74) is 0. The summed E-state index contributed by atoms with van der Waals surface area (Å²) in [5.74, 6) is 0. The molecular weight excluding hydrogens is 332 g/mol. The van der Waals surface area contributed by atoms with Gasteiger partial charge in [-0.15, -0.1) is 30.6 Å². The van der Waals surface area contributed by atoms with Crippen LogP contribution in [0.15, 0.2) is 0 Å². The van der Waals surface area contributed by atoms with Gasteiger partial charge in [0.05, 0.1) is 0 Å². The monoisotopic (exact) mass is 356 g/mol. The van der Waals surface area contributed by atoms with E-state index in [1.807, 2.05) is 0 Å². The quantitative estimate of drug-likeness (QED) is 0.241. The molecule has 0 aromatic heterocycles. The van der Waals surface area contributed by atoms with E-state index in [9.17, 15) is 0 Å². The van der Waals surface area contributed by atoms with Crippen molar-refractivity contribution in [3.63, 3.8) is 0 Å². The number of hydrogen-bond donors (Lipinski definition) is 0. The van der Waals surface area contributed by atoms with Crippen molar-refractivity contribution >= 4 is 35.9 Å². The highest BCUT2D eigenvalue weighted by Crippen LogP contribution is 2.33. The van der Waals surface area contributed by atoms with E-state index >= 15 is 0 Å². The first-order chi connectivity index (χ1) is 7.12. The van der Waals surface area contributed by atoms with Crippen LogP contribution >= 0.6 is 30.6 Å². The molecule has 0 saturated heterocycles. The lowest BCUT2D eigenvalue weighted by molar-refractivity contribution is 0.623. The maximum absolute atomic E-state index is 3.92. The fourth-order valence-electron chi connectivity index (χ4n) is 1.72. The van der Waals surface area contributed by atoms with Crippen LogP contribution in [0, 0.1) is 0 Å². The summed E-state index contributed by atoms with van der Waals surface area (Å²) >= 11 is 7.84. The van der Waals surface area contributed by atoms with E-state index < -0.39 is 5.31 Å². The Morgan fingerprint density at radius 1 is 0.667 bits per heavy atom. The Hall–Kier alpha value is 1.18. The van der Waals surface area contributed by atoms with Gasteiger partial charge in [-0.1, -0.05) is 65.2 Å². The molecule has 0 spiro atoms. The van der Waals surface area contributed by atoms with Crippen molar-refractivity contribution < 1.29 is 0 Å². The molecule has 92 valence electrons. The maximum atomic E-state index is 3.92. The zero-order valence-corrected chi connectivity index (χ0v) is 14.5. The molecule has 0 bridgehead atoms. The minimum absolute atomic E-state index is 1.17. The van der Waals surface area contributed by atoms with Gasteiger partial charge in [0.1, 0.15) is 0 Å². The molecule has 15 heavy (non-hydrogen) atoms. The first kappa shape index (κ1) is 16.2. The van der Waals surface area contributed by atoms with Gasteiger partial charge in [-0.3, -0.25) is 0 Å². The van der Waals surface area contributed by atoms with Crippen LogP contribution in [0.5, 0.6) is 0 Å². The lowest BCUT2D eigenvalue weighted by atomic mass is 10.1. The number of halogens is 2. The number of unbranched alkanes of at least 4 members (excludes halogenated alkanes) is 6. The molecule has 0 unspecified atom stereocenters. The predicted octanol–water partition coefficient (Wildman–Crippen LogP) is 6.38. The molecule has 0 amide bonds. The predicted molar refractivity (Wildman–Crippen MR) is 81.5 cm³/mol. The second kappa shape index (κ2) is 10.3. The van der Waals surface area contributed by atoms with Crippen LogP contribution in [-0.2, 0) is 0 Å². The van der Waals surface area contributed by atoms with Crippen LogP contribution < -0.4 is 0 Å². The highest BCUT2D eigenvalue weighted by atomic mass is 79.9. The summed E-state index contributed by atoms with van der Waals surface area (Å²) < 4.78 is 0. The van der Waals surface area contributed by atoms with E-state index in [2.05, 4.69) is 44.4 Å². The normalized spacial score (nSPS) is 12.0. The molecular formula is C12H26Br2Si. The molecule has 0 heterocycles. The van der Waals surface area contributed by atoms with E-state index in [1.54, 1.807) is 0 Å². The van der Waals surface area contributed by atoms with Crippen LogP contribution in [0.1, 0.15) is 65.2 Å². The van der Waals surface area contributed by atoms with Gasteiger partial charge in [0.25, 0.3) is 0 Å². The van der Waals surface area contributed by atoms with Crippen LogP contribution in [0.3, 0.4) is 0 Å². The van der Waals surface area contributed by atoms with Gasteiger partial charge in [-0.05, 0) is 12.1 Å². The minimum Gasteiger partial charge on any atom is -0.111 e. The van der Waals surface area contributed by atoms with Gasteiger partial charge in [-0.2, -0.15) is 0 Å². The summed E-state index contributed by atoms with van der Waals surface area (Å²) in [4.78, 5) is 0. The SMILES string of the molecule is CCCCCCCC[Si](Br)(Br)CCCC. The molecule has 0 aromatic rings. The van der Waals surface area contributed by atoms with Gasteiger partial charge < -0.3 is 0 Å². The summed E-state index contributed by atoms with van der Waals surface area (Å²) in [6.07, 6.45) is 11.2. The average Bonchev–Trinajstić information content (AvgIpc) is 2.20. The highest BCUT2D eigenvalue weighted by Gasteiger charge is 2.24. The Balaban J connectivity index is 3.32. The van der Waals surface area contributed by atoms with E-state index in [-0.39, 0.29) is 0 Å². The third-order valence-corrected chi connectivity index (χ3v) is 9.72. The highest BCUT2D eigenvalue weighted by molar-refractivity contribution is 9.51. The van der Waals surface area contributed by atoms with Gasteiger partial charge in [-0.25, -0.2) is 0 Å². The van der Waals surface area contributed by atoms with E-state index in [0.29, 0.717) is 0 Å². The molecule has 0 aliphatic heterocycles. The molecule has 0 fully saturated rings. The fourth-order valence-corrected chi connectivity index (χ4v) is 6.98. The van der Waals surface area contributed by atoms with E-state index in [0.717, 1.165) is 0 Å². The lowest BCUT2D eigenvalue weighted by Crippen LogP contribution is -2.16. The molecule has 0 nitrogen and oxygen atoms in total. The van der Waals surface area contributed by atoms with Gasteiger partial charge in [0.2, 0.25) is 5.31 Å². The zero-order chi connectivity index (χ0) is 11.6. The van der Waals surface area contributed by atoms with Crippen LogP contribution in [-0.4, -0.2) is 5.31 Å². The largest absolute Gasteiger partial charge is 0.201 e. The summed E-state index contributed by atoms with van der Waals surface area (Å²) in [7, 11) is 0. The van der Waals surface area contributed by atoms with Crippen LogP contribution in [0.4, 0.5) is 0 Å². The van der Waals surface area contributed by atoms with Crippen molar-refractivity contribution in [2.75, 3.05) is 0 Å². The lowest BCUT2D eigenvalue weighted by Gasteiger charge is -2.16. The van der Waals surface area contributed by atoms with Crippen LogP contribution in [0.2, 0.25) is 12.1 Å². The molecule has 3 heteroatoms. The minimum atomic E-state index is -1.17. The molecule has 0 saturated carbocycles. The van der Waals surface area contributed by atoms with Crippen molar-refractivity contribution in [2.24, 2.45) is 0 Å². The zero-order valence-electron chi connectivity index (χ0n) is 10.3. The Bertz CT molecular complexity index is 138. The van der Waals surface area contributed by atoms with Crippen molar-refractivity contribution in [3.05, 3.63) is 0 Å². The van der Waals surface area contributed by atoms with Gasteiger partial charge in [0, 0.05) is 0 Å². The molecule has 0 N–H and O–H groups in total. The van der Waals surface area contributed by atoms with E-state index in [4.69, 9.17) is 0 Å². The second-order valence-corrected chi connectivity index (χ2v) is 19.5. The van der Waals surface area contributed by atoms with Crippen molar-refractivity contribution in [3.8, 4) is 0 Å². The van der Waals surface area contributed by atoms with Crippen molar-refractivity contribution in [2.45, 2.75) is 77.3 Å². The second-order valence-electron chi connectivity index (χ2n) is 4.48. The summed E-state index contributed by atoms with van der Waals surface area (Å²) in [5, 5.41) is -1.17. The molecule has 0 radical (unpaired) electrons. The fraction of sp³-hybridized carbons (Fsp3) is 1.00. The third-order valence-electron chi connectivity index (χ3n) is 2.79. The maximum Gasteiger partial charge on any atom is 0.201 e. The standard InChI is InChI=1S/C12H26Br2Si/c1-3-5-7-8-9-10-12-15(13,14)11-6-4-2/h3-12H2,1-2H3. The van der Waals surface area contributed by atoms with Crippen molar-refractivity contribution in [1.82, 2.24) is 0 Å². The van der Waals surface area contributed by atoms with Crippen molar-refractivity contribution in [1.29, 1.82) is 0 Å². The topological polar surface area (TPSA) is 0 Å². The average molecular weight is 358 g/mol. The number of rotatable bonds is 10. The van der Waals surface area contributed by atoms with Gasteiger partial charge in [0.15, 0.2) is 0 Å². The smallest absolute Gasteiger partial charge is 0.111 e. The summed E-state index contributed by atoms with van der Waals surface area (Å²) in [6, 6.07) is 2.79. The molecule has 0 atom stereocenters. The molecule has 0 aliphatic rings. The first-order valence-electron chi connectivity index (χ1n) is 6.50. The van der Waals surface area contributed by atoms with E-state index in [1.165, 1.54) is 63.5 Å². The molecule has 0 rings (SSSR count). The molecule has 0 aromatic carbocycles. The Morgan fingerprint density at radius 3 is 1.73 bits per heavy atom. The Labute approximate surface area is 113 Å². The molecule has 0 aliphatic carbocycles. The Kier molecular flexibility index (Phi) is 11.1. The number of hydrogen-bond acceptors (Lipinski definition) is 0.